The Morgan fingerprint density at radius 1 is 1.47 bits per heavy atom. The highest BCUT2D eigenvalue weighted by molar-refractivity contribution is 7.89. The number of benzene rings is 1. The Morgan fingerprint density at radius 3 is 2.53 bits per heavy atom. The van der Waals surface area contributed by atoms with Crippen molar-refractivity contribution in [2.24, 2.45) is 5.73 Å². The molecule has 0 radical (unpaired) electrons. The molecule has 0 heterocycles. The molecule has 3 N–H and O–H groups in total. The van der Waals surface area contributed by atoms with Gasteiger partial charge in [0.1, 0.15) is 10.8 Å². The van der Waals surface area contributed by atoms with E-state index < -0.39 is 15.8 Å². The molecule has 0 fully saturated rings. The maximum Gasteiger partial charge on any atom is 0.241 e. The first-order valence-electron chi connectivity index (χ1n) is 4.86. The van der Waals surface area contributed by atoms with Gasteiger partial charge in [0.25, 0.3) is 0 Å². The maximum absolute atomic E-state index is 13.5. The lowest BCUT2D eigenvalue weighted by Gasteiger charge is -2.13. The lowest BCUT2D eigenvalue weighted by Crippen LogP contribution is -2.32. The van der Waals surface area contributed by atoms with Gasteiger partial charge in [-0.05, 0) is 26.0 Å². The monoisotopic (exact) mass is 276 g/mol. The Balaban J connectivity index is 3.42. The molecule has 0 amide bonds. The van der Waals surface area contributed by atoms with Crippen LogP contribution in [-0.2, 0) is 10.0 Å². The highest BCUT2D eigenvalue weighted by atomic mass is 32.2. The Bertz CT molecular complexity index is 541. The molecule has 0 spiro atoms. The van der Waals surface area contributed by atoms with E-state index in [4.69, 9.17) is 5.73 Å². The summed E-state index contributed by atoms with van der Waals surface area (Å²) in [6.07, 6.45) is 0. The molecule has 1 rings (SSSR count). The lowest BCUT2D eigenvalue weighted by molar-refractivity contribution is 0.566. The average Bonchev–Trinajstić information content (AvgIpc) is 2.14. The summed E-state index contributed by atoms with van der Waals surface area (Å²) >= 11 is 4.67. The first-order chi connectivity index (χ1) is 7.75. The third-order valence-electron chi connectivity index (χ3n) is 1.90. The lowest BCUT2D eigenvalue weighted by atomic mass is 10.2. The molecule has 0 saturated heterocycles. The summed E-state index contributed by atoms with van der Waals surface area (Å²) in [7, 11) is -3.82. The van der Waals surface area contributed by atoms with Crippen molar-refractivity contribution >= 4 is 27.2 Å². The molecule has 1 aromatic carbocycles. The van der Waals surface area contributed by atoms with Crippen LogP contribution in [0.25, 0.3) is 0 Å². The predicted molar refractivity (Wildman–Crippen MR) is 67.7 cm³/mol. The van der Waals surface area contributed by atoms with E-state index in [0.717, 1.165) is 6.07 Å². The van der Waals surface area contributed by atoms with Gasteiger partial charge in [-0.3, -0.25) is 0 Å². The molecule has 0 aliphatic heterocycles. The van der Waals surface area contributed by atoms with Gasteiger partial charge in [-0.15, -0.1) is 0 Å². The van der Waals surface area contributed by atoms with Crippen LogP contribution >= 0.6 is 12.2 Å². The van der Waals surface area contributed by atoms with Crippen molar-refractivity contribution < 1.29 is 12.8 Å². The highest BCUT2D eigenvalue weighted by Crippen LogP contribution is 2.19. The minimum absolute atomic E-state index is 0.237. The second-order valence-electron chi connectivity index (χ2n) is 3.75. The molecule has 17 heavy (non-hydrogen) atoms. The van der Waals surface area contributed by atoms with Crippen LogP contribution in [0.15, 0.2) is 23.1 Å². The van der Waals surface area contributed by atoms with E-state index in [2.05, 4.69) is 16.9 Å². The van der Waals surface area contributed by atoms with Gasteiger partial charge in [0.05, 0.1) is 10.5 Å². The van der Waals surface area contributed by atoms with E-state index in [1.165, 1.54) is 12.1 Å². The van der Waals surface area contributed by atoms with Crippen LogP contribution in [0.3, 0.4) is 0 Å². The number of hydrogen-bond acceptors (Lipinski definition) is 3. The van der Waals surface area contributed by atoms with E-state index in [-0.39, 0.29) is 21.5 Å². The van der Waals surface area contributed by atoms with Crippen LogP contribution < -0.4 is 10.5 Å². The molecule has 7 heteroatoms. The molecule has 0 aromatic heterocycles. The minimum atomic E-state index is -3.82. The molecule has 0 saturated carbocycles. The number of rotatable bonds is 4. The summed E-state index contributed by atoms with van der Waals surface area (Å²) in [6.45, 7) is 3.33. The summed E-state index contributed by atoms with van der Waals surface area (Å²) in [6, 6.07) is 3.37. The van der Waals surface area contributed by atoms with Crippen LogP contribution in [0, 0.1) is 5.82 Å². The van der Waals surface area contributed by atoms with Crippen molar-refractivity contribution in [1.29, 1.82) is 0 Å². The third kappa shape index (κ3) is 3.21. The summed E-state index contributed by atoms with van der Waals surface area (Å²) in [5, 5.41) is 0. The van der Waals surface area contributed by atoms with E-state index in [9.17, 15) is 12.8 Å². The van der Waals surface area contributed by atoms with Crippen LogP contribution in [0.4, 0.5) is 4.39 Å². The molecule has 4 nitrogen and oxygen atoms in total. The zero-order chi connectivity index (χ0) is 13.2. The van der Waals surface area contributed by atoms with Gasteiger partial charge in [0.2, 0.25) is 10.0 Å². The molecule has 0 aliphatic rings. The topological polar surface area (TPSA) is 72.2 Å². The van der Waals surface area contributed by atoms with Gasteiger partial charge in [-0.1, -0.05) is 18.3 Å². The minimum Gasteiger partial charge on any atom is -0.389 e. The summed E-state index contributed by atoms with van der Waals surface area (Å²) in [5.74, 6) is -0.746. The molecule has 0 unspecified atom stereocenters. The molecule has 94 valence electrons. The van der Waals surface area contributed by atoms with Gasteiger partial charge in [0, 0.05) is 6.04 Å². The van der Waals surface area contributed by atoms with Gasteiger partial charge < -0.3 is 5.73 Å². The fourth-order valence-corrected chi connectivity index (χ4v) is 3.09. The van der Waals surface area contributed by atoms with Crippen molar-refractivity contribution in [3.8, 4) is 0 Å². The number of sulfonamides is 1. The highest BCUT2D eigenvalue weighted by Gasteiger charge is 2.23. The van der Waals surface area contributed by atoms with Crippen molar-refractivity contribution in [3.05, 3.63) is 29.6 Å². The molecule has 0 bridgehead atoms. The van der Waals surface area contributed by atoms with Crippen molar-refractivity contribution in [3.63, 3.8) is 0 Å². The summed E-state index contributed by atoms with van der Waals surface area (Å²) in [4.78, 5) is -0.522. The molecule has 1 aromatic rings. The fourth-order valence-electron chi connectivity index (χ4n) is 1.34. The van der Waals surface area contributed by atoms with E-state index in [1.807, 2.05) is 0 Å². The molecule has 0 atom stereocenters. The Morgan fingerprint density at radius 2 is 2.06 bits per heavy atom. The Hall–Kier alpha value is -1.05. The third-order valence-corrected chi connectivity index (χ3v) is 3.81. The van der Waals surface area contributed by atoms with Crippen LogP contribution in [-0.4, -0.2) is 19.4 Å². The standard InChI is InChI=1S/C10H13FN2O2S2/c1-6(2)13-17(14,15)8-5-3-4-7(11)9(8)10(12)16/h3-6,13H,1-2H3,(H2,12,16). The largest absolute Gasteiger partial charge is 0.389 e. The van der Waals surface area contributed by atoms with Crippen LogP contribution in [0.1, 0.15) is 19.4 Å². The number of thiocarbonyl (C=S) groups is 1. The molecular formula is C10H13FN2O2S2. The summed E-state index contributed by atoms with van der Waals surface area (Å²) < 4.78 is 39.7. The SMILES string of the molecule is CC(C)NS(=O)(=O)c1cccc(F)c1C(N)=S. The maximum atomic E-state index is 13.5. The number of nitrogens with two attached hydrogens (primary N) is 1. The van der Waals surface area contributed by atoms with Gasteiger partial charge in [-0.25, -0.2) is 17.5 Å². The quantitative estimate of drug-likeness (QED) is 0.809. The van der Waals surface area contributed by atoms with Gasteiger partial charge in [-0.2, -0.15) is 0 Å². The predicted octanol–water partition coefficient (Wildman–Crippen LogP) is 1.15. The zero-order valence-electron chi connectivity index (χ0n) is 9.40. The number of hydrogen-bond donors (Lipinski definition) is 2. The van der Waals surface area contributed by atoms with Crippen molar-refractivity contribution in [2.45, 2.75) is 24.8 Å². The Labute approximate surface area is 105 Å². The molecule has 0 aliphatic carbocycles. The number of nitrogens with one attached hydrogen (secondary N) is 1. The van der Waals surface area contributed by atoms with E-state index >= 15 is 0 Å². The Kier molecular flexibility index (Phi) is 4.18. The smallest absolute Gasteiger partial charge is 0.241 e. The second kappa shape index (κ2) is 5.07. The first-order valence-corrected chi connectivity index (χ1v) is 6.75. The normalized spacial score (nSPS) is 11.8. The zero-order valence-corrected chi connectivity index (χ0v) is 11.0. The van der Waals surface area contributed by atoms with Crippen LogP contribution in [0.5, 0.6) is 0 Å². The van der Waals surface area contributed by atoms with Gasteiger partial charge in [0.15, 0.2) is 0 Å². The fraction of sp³-hybridized carbons (Fsp3) is 0.300. The summed E-state index contributed by atoms with van der Waals surface area (Å²) in [5.41, 5.74) is 5.09. The first kappa shape index (κ1) is 14.0. The number of halogens is 1. The van der Waals surface area contributed by atoms with Gasteiger partial charge >= 0.3 is 0 Å². The van der Waals surface area contributed by atoms with E-state index in [1.54, 1.807) is 13.8 Å². The van der Waals surface area contributed by atoms with Crippen LogP contribution in [0.2, 0.25) is 0 Å². The van der Waals surface area contributed by atoms with Crippen molar-refractivity contribution in [1.82, 2.24) is 4.72 Å². The van der Waals surface area contributed by atoms with Crippen molar-refractivity contribution in [2.75, 3.05) is 0 Å². The average molecular weight is 276 g/mol. The molecular weight excluding hydrogens is 263 g/mol. The van der Waals surface area contributed by atoms with E-state index in [0.29, 0.717) is 0 Å². The second-order valence-corrected chi connectivity index (χ2v) is 5.88.